The molecule has 0 aliphatic carbocycles. The van der Waals surface area contributed by atoms with E-state index in [1.165, 1.54) is 11.8 Å². The standard InChI is InChI=1S/C21H22N4O2S/c1-4-25-19(23-24-21(25)28-13-15(3)26)16-9-11-17(12-10-16)22-20(27)18-8-6-5-7-14(18)2/h5-12H,4,13H2,1-3H3,(H,22,27). The Labute approximate surface area is 168 Å². The fraction of sp³-hybridized carbons (Fsp3) is 0.238. The molecule has 0 aliphatic heterocycles. The van der Waals surface area contributed by atoms with E-state index in [4.69, 9.17) is 0 Å². The number of carbonyl (C=O) groups is 2. The minimum absolute atomic E-state index is 0.103. The van der Waals surface area contributed by atoms with Gasteiger partial charge in [-0.15, -0.1) is 10.2 Å². The van der Waals surface area contributed by atoms with Gasteiger partial charge in [-0.2, -0.15) is 0 Å². The highest BCUT2D eigenvalue weighted by molar-refractivity contribution is 7.99. The molecule has 1 amide bonds. The van der Waals surface area contributed by atoms with Gasteiger partial charge in [-0.3, -0.25) is 9.59 Å². The number of nitrogens with one attached hydrogen (secondary N) is 1. The summed E-state index contributed by atoms with van der Waals surface area (Å²) in [6, 6.07) is 15.0. The Morgan fingerprint density at radius 1 is 1.07 bits per heavy atom. The lowest BCUT2D eigenvalue weighted by Gasteiger charge is -2.09. The highest BCUT2D eigenvalue weighted by Crippen LogP contribution is 2.25. The maximum atomic E-state index is 12.5. The zero-order valence-electron chi connectivity index (χ0n) is 16.1. The first kappa shape index (κ1) is 19.8. The minimum Gasteiger partial charge on any atom is -0.322 e. The van der Waals surface area contributed by atoms with E-state index in [0.29, 0.717) is 23.5 Å². The van der Waals surface area contributed by atoms with Crippen LogP contribution in [0.25, 0.3) is 11.4 Å². The van der Waals surface area contributed by atoms with Gasteiger partial charge in [-0.25, -0.2) is 0 Å². The largest absolute Gasteiger partial charge is 0.322 e. The van der Waals surface area contributed by atoms with Crippen molar-refractivity contribution in [3.8, 4) is 11.4 Å². The lowest BCUT2D eigenvalue weighted by atomic mass is 10.1. The molecule has 3 aromatic rings. The second-order valence-corrected chi connectivity index (χ2v) is 7.33. The van der Waals surface area contributed by atoms with Crippen molar-refractivity contribution in [2.45, 2.75) is 32.5 Å². The Hall–Kier alpha value is -2.93. The van der Waals surface area contributed by atoms with Gasteiger partial charge in [0.25, 0.3) is 5.91 Å². The molecule has 1 heterocycles. The van der Waals surface area contributed by atoms with Crippen LogP contribution < -0.4 is 5.32 Å². The van der Waals surface area contributed by atoms with Crippen LogP contribution in [0.15, 0.2) is 53.7 Å². The van der Waals surface area contributed by atoms with Crippen LogP contribution in [0, 0.1) is 6.92 Å². The van der Waals surface area contributed by atoms with E-state index in [1.807, 2.05) is 66.9 Å². The molecule has 0 aliphatic rings. The fourth-order valence-corrected chi connectivity index (χ4v) is 3.59. The number of benzene rings is 2. The lowest BCUT2D eigenvalue weighted by Crippen LogP contribution is -2.13. The molecule has 28 heavy (non-hydrogen) atoms. The second kappa shape index (κ2) is 8.84. The first-order chi connectivity index (χ1) is 13.5. The van der Waals surface area contributed by atoms with Gasteiger partial charge in [-0.1, -0.05) is 30.0 Å². The van der Waals surface area contributed by atoms with Gasteiger partial charge in [0.2, 0.25) is 0 Å². The first-order valence-electron chi connectivity index (χ1n) is 9.02. The molecular formula is C21H22N4O2S. The number of nitrogens with zero attached hydrogens (tertiary/aromatic N) is 3. The number of hydrogen-bond acceptors (Lipinski definition) is 5. The second-order valence-electron chi connectivity index (χ2n) is 6.39. The van der Waals surface area contributed by atoms with Crippen LogP contribution >= 0.6 is 11.8 Å². The molecule has 1 N–H and O–H groups in total. The average molecular weight is 395 g/mol. The normalized spacial score (nSPS) is 10.7. The third kappa shape index (κ3) is 4.48. The molecule has 0 spiro atoms. The zero-order chi connectivity index (χ0) is 20.1. The molecule has 0 radical (unpaired) electrons. The Morgan fingerprint density at radius 2 is 1.79 bits per heavy atom. The number of ketones is 1. The van der Waals surface area contributed by atoms with E-state index in [0.717, 1.165) is 22.1 Å². The number of aryl methyl sites for hydroxylation is 1. The van der Waals surface area contributed by atoms with E-state index in [-0.39, 0.29) is 11.7 Å². The molecule has 6 nitrogen and oxygen atoms in total. The predicted octanol–water partition coefficient (Wildman–Crippen LogP) is 4.21. The van der Waals surface area contributed by atoms with Crippen molar-refractivity contribution in [2.75, 3.05) is 11.1 Å². The summed E-state index contributed by atoms with van der Waals surface area (Å²) in [5, 5.41) is 12.1. The van der Waals surface area contributed by atoms with Crippen LogP contribution in [0.2, 0.25) is 0 Å². The summed E-state index contributed by atoms with van der Waals surface area (Å²) in [6.45, 7) is 6.19. The van der Waals surface area contributed by atoms with Gasteiger partial charge in [0.15, 0.2) is 11.0 Å². The highest BCUT2D eigenvalue weighted by atomic mass is 32.2. The number of rotatable bonds is 7. The summed E-state index contributed by atoms with van der Waals surface area (Å²) < 4.78 is 1.98. The van der Waals surface area contributed by atoms with Gasteiger partial charge < -0.3 is 9.88 Å². The van der Waals surface area contributed by atoms with E-state index < -0.39 is 0 Å². The summed E-state index contributed by atoms with van der Waals surface area (Å²) in [4.78, 5) is 23.7. The summed E-state index contributed by atoms with van der Waals surface area (Å²) in [6.07, 6.45) is 0. The Bertz CT molecular complexity index is 996. The number of Topliss-reactive ketones (excluding diaryl/α,β-unsaturated/α-hetero) is 1. The Morgan fingerprint density at radius 3 is 2.43 bits per heavy atom. The van der Waals surface area contributed by atoms with Crippen LogP contribution in [0.5, 0.6) is 0 Å². The Kier molecular flexibility index (Phi) is 6.26. The summed E-state index contributed by atoms with van der Waals surface area (Å²) in [5.41, 5.74) is 3.20. The van der Waals surface area contributed by atoms with Crippen molar-refractivity contribution in [3.63, 3.8) is 0 Å². The van der Waals surface area contributed by atoms with Crippen molar-refractivity contribution < 1.29 is 9.59 Å². The van der Waals surface area contributed by atoms with Crippen LogP contribution in [0.3, 0.4) is 0 Å². The third-order valence-corrected chi connectivity index (χ3v) is 5.34. The van der Waals surface area contributed by atoms with Crippen LogP contribution in [0.4, 0.5) is 5.69 Å². The van der Waals surface area contributed by atoms with Crippen LogP contribution in [-0.4, -0.2) is 32.2 Å². The number of hydrogen-bond donors (Lipinski definition) is 1. The van der Waals surface area contributed by atoms with Crippen molar-refractivity contribution >= 4 is 29.1 Å². The van der Waals surface area contributed by atoms with Crippen molar-refractivity contribution in [1.82, 2.24) is 14.8 Å². The minimum atomic E-state index is -0.134. The molecule has 0 saturated carbocycles. The van der Waals surface area contributed by atoms with E-state index in [9.17, 15) is 9.59 Å². The van der Waals surface area contributed by atoms with Crippen LogP contribution in [0.1, 0.15) is 29.8 Å². The molecule has 0 saturated heterocycles. The van der Waals surface area contributed by atoms with Gasteiger partial charge in [0.05, 0.1) is 5.75 Å². The summed E-state index contributed by atoms with van der Waals surface area (Å²) >= 11 is 1.39. The fourth-order valence-electron chi connectivity index (χ4n) is 2.79. The van der Waals surface area contributed by atoms with Gasteiger partial charge in [0, 0.05) is 23.4 Å². The molecule has 0 bridgehead atoms. The van der Waals surface area contributed by atoms with E-state index in [2.05, 4.69) is 15.5 Å². The molecule has 2 aromatic carbocycles. The molecule has 0 fully saturated rings. The quantitative estimate of drug-likeness (QED) is 0.608. The summed E-state index contributed by atoms with van der Waals surface area (Å²) in [7, 11) is 0. The van der Waals surface area contributed by atoms with E-state index >= 15 is 0 Å². The van der Waals surface area contributed by atoms with Crippen molar-refractivity contribution in [1.29, 1.82) is 0 Å². The molecule has 3 rings (SSSR count). The SMILES string of the molecule is CCn1c(SCC(C)=O)nnc1-c1ccc(NC(=O)c2ccccc2C)cc1. The molecule has 144 valence electrons. The first-order valence-corrected chi connectivity index (χ1v) is 10.0. The summed E-state index contributed by atoms with van der Waals surface area (Å²) in [5.74, 6) is 1.09. The number of carbonyl (C=O) groups excluding carboxylic acids is 2. The predicted molar refractivity (Wildman–Crippen MR) is 112 cm³/mol. The number of amides is 1. The van der Waals surface area contributed by atoms with Crippen molar-refractivity contribution in [2.24, 2.45) is 0 Å². The number of thioether (sulfide) groups is 1. The smallest absolute Gasteiger partial charge is 0.255 e. The topological polar surface area (TPSA) is 76.9 Å². The third-order valence-electron chi connectivity index (χ3n) is 4.23. The molecule has 7 heteroatoms. The van der Waals surface area contributed by atoms with Gasteiger partial charge >= 0.3 is 0 Å². The Balaban J connectivity index is 1.77. The molecule has 0 atom stereocenters. The average Bonchev–Trinajstić information content (AvgIpc) is 3.10. The maximum absolute atomic E-state index is 12.5. The number of aromatic nitrogens is 3. The van der Waals surface area contributed by atoms with Gasteiger partial charge in [0.1, 0.15) is 5.78 Å². The maximum Gasteiger partial charge on any atom is 0.255 e. The highest BCUT2D eigenvalue weighted by Gasteiger charge is 2.14. The molecular weight excluding hydrogens is 372 g/mol. The molecule has 0 unspecified atom stereocenters. The van der Waals surface area contributed by atoms with E-state index in [1.54, 1.807) is 6.92 Å². The number of anilines is 1. The lowest BCUT2D eigenvalue weighted by molar-refractivity contribution is -0.114. The monoisotopic (exact) mass is 394 g/mol. The molecule has 1 aromatic heterocycles. The van der Waals surface area contributed by atoms with Crippen LogP contribution in [-0.2, 0) is 11.3 Å². The van der Waals surface area contributed by atoms with Crippen molar-refractivity contribution in [3.05, 3.63) is 59.7 Å². The zero-order valence-corrected chi connectivity index (χ0v) is 16.9. The van der Waals surface area contributed by atoms with Gasteiger partial charge in [-0.05, 0) is 56.7 Å².